The van der Waals surface area contributed by atoms with Gasteiger partial charge in [-0.05, 0) is 12.8 Å². The van der Waals surface area contributed by atoms with Gasteiger partial charge in [-0.25, -0.2) is 0 Å². The Balaban J connectivity index is 2.40. The van der Waals surface area contributed by atoms with Gasteiger partial charge in [0.15, 0.2) is 0 Å². The number of hydrogen-bond donors (Lipinski definition) is 1. The quantitative estimate of drug-likeness (QED) is 0.548. The summed E-state index contributed by atoms with van der Waals surface area (Å²) < 4.78 is 5.09. The molecule has 1 saturated heterocycles. The Bertz CT molecular complexity index is 165. The summed E-state index contributed by atoms with van der Waals surface area (Å²) in [7, 11) is 0. The van der Waals surface area contributed by atoms with E-state index in [-0.39, 0.29) is 11.6 Å². The molecule has 0 aromatic rings. The van der Waals surface area contributed by atoms with E-state index in [0.29, 0.717) is 13.2 Å². The van der Waals surface area contributed by atoms with Crippen LogP contribution in [0.3, 0.4) is 0 Å². The van der Waals surface area contributed by atoms with Crippen molar-refractivity contribution in [2.24, 2.45) is 5.92 Å². The molecule has 1 N–H and O–H groups in total. The first kappa shape index (κ1) is 7.23. The van der Waals surface area contributed by atoms with Crippen molar-refractivity contribution in [3.8, 4) is 6.07 Å². The molecule has 1 rings (SSSR count). The number of hydrogen-bond acceptors (Lipinski definition) is 3. The van der Waals surface area contributed by atoms with E-state index in [4.69, 9.17) is 15.4 Å². The number of ether oxygens (including phenoxy) is 1. The molecule has 0 aromatic heterocycles. The SMILES string of the molecule is N#CC(=N)C1CCOCC1. The number of nitriles is 1. The zero-order valence-electron chi connectivity index (χ0n) is 5.76. The van der Waals surface area contributed by atoms with Crippen molar-refractivity contribution in [1.82, 2.24) is 0 Å². The van der Waals surface area contributed by atoms with Crippen LogP contribution in [0.2, 0.25) is 0 Å². The van der Waals surface area contributed by atoms with E-state index < -0.39 is 0 Å². The fourth-order valence-electron chi connectivity index (χ4n) is 1.08. The average Bonchev–Trinajstić information content (AvgIpc) is 2.05. The Labute approximate surface area is 60.1 Å². The average molecular weight is 138 g/mol. The summed E-state index contributed by atoms with van der Waals surface area (Å²) in [5.74, 6) is 0.166. The van der Waals surface area contributed by atoms with Crippen molar-refractivity contribution in [2.45, 2.75) is 12.8 Å². The topological polar surface area (TPSA) is 56.9 Å². The monoisotopic (exact) mass is 138 g/mol. The van der Waals surface area contributed by atoms with Gasteiger partial charge in [0.1, 0.15) is 11.8 Å². The van der Waals surface area contributed by atoms with E-state index in [2.05, 4.69) is 0 Å². The van der Waals surface area contributed by atoms with E-state index in [1.165, 1.54) is 0 Å². The second-order valence-corrected chi connectivity index (χ2v) is 2.41. The molecule has 0 unspecified atom stereocenters. The molecule has 0 aliphatic carbocycles. The normalized spacial score (nSPS) is 19.9. The maximum Gasteiger partial charge on any atom is 0.114 e. The molecular formula is C7H10N2O. The van der Waals surface area contributed by atoms with E-state index in [1.54, 1.807) is 0 Å². The zero-order chi connectivity index (χ0) is 7.40. The highest BCUT2D eigenvalue weighted by Crippen LogP contribution is 2.14. The molecular weight excluding hydrogens is 128 g/mol. The van der Waals surface area contributed by atoms with Gasteiger partial charge in [-0.15, -0.1) is 0 Å². The molecule has 10 heavy (non-hydrogen) atoms. The van der Waals surface area contributed by atoms with Crippen LogP contribution in [0, 0.1) is 22.7 Å². The molecule has 3 nitrogen and oxygen atoms in total. The Morgan fingerprint density at radius 2 is 2.10 bits per heavy atom. The van der Waals surface area contributed by atoms with Gasteiger partial charge < -0.3 is 4.74 Å². The molecule has 0 spiro atoms. The smallest absolute Gasteiger partial charge is 0.114 e. The van der Waals surface area contributed by atoms with Gasteiger partial charge in [-0.3, -0.25) is 5.41 Å². The first-order valence-corrected chi connectivity index (χ1v) is 3.41. The van der Waals surface area contributed by atoms with Crippen molar-refractivity contribution >= 4 is 5.71 Å². The molecule has 1 fully saturated rings. The van der Waals surface area contributed by atoms with Gasteiger partial charge in [-0.1, -0.05) is 0 Å². The van der Waals surface area contributed by atoms with Crippen molar-refractivity contribution in [3.63, 3.8) is 0 Å². The molecule has 3 heteroatoms. The van der Waals surface area contributed by atoms with E-state index in [0.717, 1.165) is 12.8 Å². The lowest BCUT2D eigenvalue weighted by Gasteiger charge is -2.19. The maximum absolute atomic E-state index is 8.37. The molecule has 0 amide bonds. The van der Waals surface area contributed by atoms with E-state index >= 15 is 0 Å². The zero-order valence-corrected chi connectivity index (χ0v) is 5.76. The minimum atomic E-state index is 0.166. The third-order valence-electron chi connectivity index (χ3n) is 1.75. The van der Waals surface area contributed by atoms with Gasteiger partial charge >= 0.3 is 0 Å². The summed E-state index contributed by atoms with van der Waals surface area (Å²) >= 11 is 0. The third kappa shape index (κ3) is 1.55. The summed E-state index contributed by atoms with van der Waals surface area (Å²) in [6, 6.07) is 1.86. The highest BCUT2D eigenvalue weighted by Gasteiger charge is 2.17. The van der Waals surface area contributed by atoms with Gasteiger partial charge in [-0.2, -0.15) is 5.26 Å². The number of nitrogens with one attached hydrogen (secondary N) is 1. The molecule has 0 aromatic carbocycles. The van der Waals surface area contributed by atoms with Crippen LogP contribution in [0.15, 0.2) is 0 Å². The van der Waals surface area contributed by atoms with Crippen LogP contribution in [0.25, 0.3) is 0 Å². The standard InChI is InChI=1S/C7H10N2O/c8-5-7(9)6-1-3-10-4-2-6/h6,9H,1-4H2. The minimum Gasteiger partial charge on any atom is -0.381 e. The number of nitrogens with zero attached hydrogens (tertiary/aromatic N) is 1. The molecule has 0 atom stereocenters. The summed E-state index contributed by atoms with van der Waals surface area (Å²) in [5.41, 5.74) is 0.211. The Morgan fingerprint density at radius 1 is 1.50 bits per heavy atom. The first-order valence-electron chi connectivity index (χ1n) is 3.41. The van der Waals surface area contributed by atoms with Crippen molar-refractivity contribution < 1.29 is 4.74 Å². The van der Waals surface area contributed by atoms with Crippen molar-refractivity contribution in [2.75, 3.05) is 13.2 Å². The highest BCUT2D eigenvalue weighted by atomic mass is 16.5. The van der Waals surface area contributed by atoms with E-state index in [1.807, 2.05) is 6.07 Å². The summed E-state index contributed by atoms with van der Waals surface area (Å²) in [6.45, 7) is 1.41. The van der Waals surface area contributed by atoms with Crippen LogP contribution < -0.4 is 0 Å². The Hall–Kier alpha value is -0.880. The fourth-order valence-corrected chi connectivity index (χ4v) is 1.08. The first-order chi connectivity index (χ1) is 4.84. The van der Waals surface area contributed by atoms with Crippen LogP contribution in [-0.2, 0) is 4.74 Å². The van der Waals surface area contributed by atoms with Crippen LogP contribution in [-0.4, -0.2) is 18.9 Å². The Kier molecular flexibility index (Phi) is 2.41. The van der Waals surface area contributed by atoms with Gasteiger partial charge in [0, 0.05) is 19.1 Å². The molecule has 0 bridgehead atoms. The number of rotatable bonds is 1. The minimum absolute atomic E-state index is 0.166. The van der Waals surface area contributed by atoms with Crippen molar-refractivity contribution in [3.05, 3.63) is 0 Å². The van der Waals surface area contributed by atoms with Crippen molar-refractivity contribution in [1.29, 1.82) is 10.7 Å². The summed E-state index contributed by atoms with van der Waals surface area (Å²) in [4.78, 5) is 0. The summed E-state index contributed by atoms with van der Waals surface area (Å²) in [6.07, 6.45) is 1.68. The van der Waals surface area contributed by atoms with Gasteiger partial charge in [0.05, 0.1) is 0 Å². The molecule has 1 aliphatic heterocycles. The maximum atomic E-state index is 8.37. The lowest BCUT2D eigenvalue weighted by atomic mass is 9.96. The third-order valence-corrected chi connectivity index (χ3v) is 1.75. The summed E-state index contributed by atoms with van der Waals surface area (Å²) in [5, 5.41) is 15.6. The highest BCUT2D eigenvalue weighted by molar-refractivity contribution is 5.97. The molecule has 1 heterocycles. The van der Waals surface area contributed by atoms with Gasteiger partial charge in [0.2, 0.25) is 0 Å². The lowest BCUT2D eigenvalue weighted by molar-refractivity contribution is 0.0829. The fraction of sp³-hybridized carbons (Fsp3) is 0.714. The predicted molar refractivity (Wildman–Crippen MR) is 36.9 cm³/mol. The molecule has 0 saturated carbocycles. The molecule has 1 aliphatic rings. The van der Waals surface area contributed by atoms with Crippen LogP contribution in [0.1, 0.15) is 12.8 Å². The second-order valence-electron chi connectivity index (χ2n) is 2.41. The van der Waals surface area contributed by atoms with Crippen LogP contribution in [0.4, 0.5) is 0 Å². The van der Waals surface area contributed by atoms with Crippen LogP contribution >= 0.6 is 0 Å². The molecule has 54 valence electrons. The van der Waals surface area contributed by atoms with Crippen LogP contribution in [0.5, 0.6) is 0 Å². The van der Waals surface area contributed by atoms with Gasteiger partial charge in [0.25, 0.3) is 0 Å². The molecule has 0 radical (unpaired) electrons. The van der Waals surface area contributed by atoms with E-state index in [9.17, 15) is 0 Å². The predicted octanol–water partition coefficient (Wildman–Crippen LogP) is 0.956. The Morgan fingerprint density at radius 3 is 2.60 bits per heavy atom. The largest absolute Gasteiger partial charge is 0.381 e. The lowest BCUT2D eigenvalue weighted by Crippen LogP contribution is -2.21. The second kappa shape index (κ2) is 3.33.